The monoisotopic (exact) mass is 473 g/mol. The van der Waals surface area contributed by atoms with Gasteiger partial charge in [0.15, 0.2) is 11.9 Å². The Kier molecular flexibility index (Phi) is 9.09. The van der Waals surface area contributed by atoms with E-state index in [1.807, 2.05) is 6.92 Å². The van der Waals surface area contributed by atoms with E-state index in [4.69, 9.17) is 55.8 Å². The van der Waals surface area contributed by atoms with Crippen molar-refractivity contribution in [3.63, 3.8) is 0 Å². The van der Waals surface area contributed by atoms with E-state index in [0.717, 1.165) is 0 Å². The van der Waals surface area contributed by atoms with Gasteiger partial charge in [-0.15, -0.1) is 17.0 Å². The maximum absolute atomic E-state index is 6.05. The molecule has 0 radical (unpaired) electrons. The topological polar surface area (TPSA) is 98.5 Å². The van der Waals surface area contributed by atoms with Crippen LogP contribution in [0.5, 0.6) is 5.75 Å². The Bertz CT molecular complexity index is 636. The number of hydrogen-bond donors (Lipinski definition) is 2. The summed E-state index contributed by atoms with van der Waals surface area (Å²) in [5, 5.41) is 2.61. The van der Waals surface area contributed by atoms with Crippen LogP contribution in [-0.2, 0) is 4.84 Å². The lowest BCUT2D eigenvalue weighted by Gasteiger charge is -2.30. The molecule has 4 N–H and O–H groups in total. The number of ether oxygens (including phenoxy) is 1. The molecule has 0 saturated carbocycles. The van der Waals surface area contributed by atoms with Gasteiger partial charge in [0.2, 0.25) is 11.9 Å². The largest absolute Gasteiger partial charge is 0.490 e. The van der Waals surface area contributed by atoms with Crippen molar-refractivity contribution in [2.24, 2.45) is 21.5 Å². The van der Waals surface area contributed by atoms with E-state index in [9.17, 15) is 0 Å². The number of nitrogens with two attached hydrogens (primary N) is 2. The van der Waals surface area contributed by atoms with Gasteiger partial charge in [0, 0.05) is 11.4 Å². The maximum Gasteiger partial charge on any atom is 0.225 e. The van der Waals surface area contributed by atoms with Crippen LogP contribution in [0.4, 0.5) is 0 Å². The van der Waals surface area contributed by atoms with Crippen molar-refractivity contribution in [2.75, 3.05) is 13.2 Å². The molecule has 11 heteroatoms. The fourth-order valence-electron chi connectivity index (χ4n) is 2.03. The van der Waals surface area contributed by atoms with Gasteiger partial charge >= 0.3 is 0 Å². The fourth-order valence-corrected chi connectivity index (χ4v) is 2.95. The number of hydroxylamine groups is 2. The average Bonchev–Trinajstić information content (AvgIpc) is 2.50. The van der Waals surface area contributed by atoms with Gasteiger partial charge in [0.05, 0.1) is 23.3 Å². The number of benzene rings is 1. The van der Waals surface area contributed by atoms with Gasteiger partial charge < -0.3 is 16.2 Å². The van der Waals surface area contributed by atoms with Crippen molar-refractivity contribution in [3.05, 3.63) is 27.2 Å². The second-order valence-electron chi connectivity index (χ2n) is 4.91. The van der Waals surface area contributed by atoms with Crippen LogP contribution in [-0.4, -0.2) is 36.4 Å². The van der Waals surface area contributed by atoms with Crippen LogP contribution in [0, 0.1) is 0 Å². The highest BCUT2D eigenvalue weighted by Crippen LogP contribution is 2.35. The lowest BCUT2D eigenvalue weighted by molar-refractivity contribution is -0.131. The molecule has 140 valence electrons. The summed E-state index contributed by atoms with van der Waals surface area (Å²) in [5.41, 5.74) is 11.4. The van der Waals surface area contributed by atoms with Gasteiger partial charge in [-0.05, 0) is 18.6 Å². The zero-order valence-electron chi connectivity index (χ0n) is 13.4. The molecule has 1 aliphatic rings. The lowest BCUT2D eigenvalue weighted by atomic mass is 10.3. The highest BCUT2D eigenvalue weighted by Gasteiger charge is 2.23. The van der Waals surface area contributed by atoms with E-state index in [2.05, 4.69) is 9.98 Å². The van der Waals surface area contributed by atoms with Crippen LogP contribution in [0.2, 0.25) is 15.1 Å². The second-order valence-corrected chi connectivity index (χ2v) is 6.16. The molecule has 1 aromatic rings. The number of nitrogens with zero attached hydrogens (tertiary/aromatic N) is 3. The zero-order chi connectivity index (χ0) is 17.7. The predicted molar refractivity (Wildman–Crippen MR) is 107 cm³/mol. The van der Waals surface area contributed by atoms with Crippen LogP contribution in [0.15, 0.2) is 22.1 Å². The second kappa shape index (κ2) is 10.3. The van der Waals surface area contributed by atoms with E-state index in [-0.39, 0.29) is 35.1 Å². The van der Waals surface area contributed by atoms with E-state index in [0.29, 0.717) is 46.9 Å². The number of rotatable bonds is 7. The molecule has 1 unspecified atom stereocenters. The first-order valence-electron chi connectivity index (χ1n) is 7.29. The van der Waals surface area contributed by atoms with Crippen molar-refractivity contribution >= 4 is 63.7 Å². The standard InChI is InChI=1S/C14H18Cl3N5O2.BrH/c1-2-11-20-13(18)21-14(19)22(11)24-5-3-4-23-12-9(16)6-8(15)7-10(12)17;/h6-7,11H,2-5H2,1H3,(H4,18,19,20,21);1H. The average molecular weight is 476 g/mol. The van der Waals surface area contributed by atoms with Gasteiger partial charge in [0.1, 0.15) is 0 Å². The zero-order valence-corrected chi connectivity index (χ0v) is 17.4. The summed E-state index contributed by atoms with van der Waals surface area (Å²) in [6.07, 6.45) is 0.974. The quantitative estimate of drug-likeness (QED) is 0.587. The van der Waals surface area contributed by atoms with Gasteiger partial charge in [-0.1, -0.05) is 41.7 Å². The minimum absolute atomic E-state index is 0. The molecule has 1 heterocycles. The van der Waals surface area contributed by atoms with E-state index in [1.165, 1.54) is 5.06 Å². The minimum Gasteiger partial charge on any atom is -0.490 e. The fraction of sp³-hybridized carbons (Fsp3) is 0.429. The maximum atomic E-state index is 6.05. The van der Waals surface area contributed by atoms with E-state index in [1.54, 1.807) is 12.1 Å². The van der Waals surface area contributed by atoms with Gasteiger partial charge in [0.25, 0.3) is 0 Å². The number of guanidine groups is 2. The number of aliphatic imine (C=N–C) groups is 2. The van der Waals surface area contributed by atoms with Crippen molar-refractivity contribution in [1.82, 2.24) is 5.06 Å². The third-order valence-corrected chi connectivity index (χ3v) is 3.88. The molecule has 0 spiro atoms. The molecule has 0 bridgehead atoms. The molecule has 0 saturated heterocycles. The molecule has 0 aliphatic carbocycles. The smallest absolute Gasteiger partial charge is 0.225 e. The molecular weight excluding hydrogens is 456 g/mol. The SMILES string of the molecule is Br.CCC1N=C(N)N=C(N)N1OCCCOc1c(Cl)cc(Cl)cc1Cl. The van der Waals surface area contributed by atoms with E-state index >= 15 is 0 Å². The molecule has 1 aliphatic heterocycles. The number of halogens is 4. The first kappa shape index (κ1) is 22.1. The van der Waals surface area contributed by atoms with Crippen molar-refractivity contribution in [1.29, 1.82) is 0 Å². The van der Waals surface area contributed by atoms with Gasteiger partial charge in [-0.3, -0.25) is 4.84 Å². The Hall–Kier alpha value is -0.930. The van der Waals surface area contributed by atoms with Crippen LogP contribution < -0.4 is 16.2 Å². The third kappa shape index (κ3) is 6.07. The highest BCUT2D eigenvalue weighted by molar-refractivity contribution is 8.93. The summed E-state index contributed by atoms with van der Waals surface area (Å²) in [4.78, 5) is 13.7. The Balaban J connectivity index is 0.00000312. The Morgan fingerprint density at radius 3 is 2.40 bits per heavy atom. The molecular formula is C14H19BrCl3N5O2. The Morgan fingerprint density at radius 1 is 1.16 bits per heavy atom. The van der Waals surface area contributed by atoms with Gasteiger partial charge in [-0.25, -0.2) is 4.99 Å². The third-order valence-electron chi connectivity index (χ3n) is 3.10. The summed E-state index contributed by atoms with van der Waals surface area (Å²) in [5.74, 6) is 0.721. The Labute approximate surface area is 171 Å². The van der Waals surface area contributed by atoms with Gasteiger partial charge in [-0.2, -0.15) is 10.1 Å². The first-order chi connectivity index (χ1) is 11.4. The minimum atomic E-state index is -0.288. The highest BCUT2D eigenvalue weighted by atomic mass is 79.9. The summed E-state index contributed by atoms with van der Waals surface area (Å²) in [6.45, 7) is 2.66. The molecule has 0 aromatic heterocycles. The normalized spacial score (nSPS) is 16.8. The van der Waals surface area contributed by atoms with Crippen molar-refractivity contribution < 1.29 is 9.57 Å². The Morgan fingerprint density at radius 2 is 1.80 bits per heavy atom. The predicted octanol–water partition coefficient (Wildman–Crippen LogP) is 3.61. The van der Waals surface area contributed by atoms with Crippen LogP contribution >= 0.6 is 51.8 Å². The van der Waals surface area contributed by atoms with Crippen molar-refractivity contribution in [3.8, 4) is 5.75 Å². The molecule has 2 rings (SSSR count). The van der Waals surface area contributed by atoms with Crippen LogP contribution in [0.25, 0.3) is 0 Å². The first-order valence-corrected chi connectivity index (χ1v) is 8.42. The molecule has 0 amide bonds. The molecule has 0 fully saturated rings. The molecule has 1 atom stereocenters. The van der Waals surface area contributed by atoms with E-state index < -0.39 is 0 Å². The number of hydrogen-bond acceptors (Lipinski definition) is 7. The summed E-state index contributed by atoms with van der Waals surface area (Å²) < 4.78 is 5.58. The summed E-state index contributed by atoms with van der Waals surface area (Å²) >= 11 is 17.9. The van der Waals surface area contributed by atoms with Crippen LogP contribution in [0.1, 0.15) is 19.8 Å². The summed E-state index contributed by atoms with van der Waals surface area (Å²) in [7, 11) is 0. The van der Waals surface area contributed by atoms with Crippen molar-refractivity contribution in [2.45, 2.75) is 25.9 Å². The summed E-state index contributed by atoms with van der Waals surface area (Å²) in [6, 6.07) is 3.14. The lowest BCUT2D eigenvalue weighted by Crippen LogP contribution is -2.48. The molecule has 7 nitrogen and oxygen atoms in total. The molecule has 25 heavy (non-hydrogen) atoms. The molecule has 1 aromatic carbocycles. The van der Waals surface area contributed by atoms with Crippen LogP contribution in [0.3, 0.4) is 0 Å².